The van der Waals surface area contributed by atoms with Crippen LogP contribution in [0.2, 0.25) is 0 Å². The zero-order valence-electron chi connectivity index (χ0n) is 19.9. The maximum Gasteiger partial charge on any atom is 0.295 e. The van der Waals surface area contributed by atoms with Gasteiger partial charge in [0.2, 0.25) is 0 Å². The first-order valence-corrected chi connectivity index (χ1v) is 11.8. The molecule has 1 saturated heterocycles. The fraction of sp³-hybridized carbons (Fsp3) is 0.207. The highest BCUT2D eigenvalue weighted by Gasteiger charge is 2.46. The first-order chi connectivity index (χ1) is 17.5. The molecule has 0 unspecified atom stereocenters. The van der Waals surface area contributed by atoms with Gasteiger partial charge < -0.3 is 19.5 Å². The molecule has 0 radical (unpaired) electrons. The van der Waals surface area contributed by atoms with E-state index in [2.05, 4.69) is 11.6 Å². The molecule has 0 saturated carbocycles. The van der Waals surface area contributed by atoms with Crippen molar-refractivity contribution in [2.75, 3.05) is 6.61 Å². The van der Waals surface area contributed by atoms with Crippen LogP contribution in [0.15, 0.2) is 85.2 Å². The number of nitrogens with zero attached hydrogens (tertiary/aromatic N) is 2. The van der Waals surface area contributed by atoms with Gasteiger partial charge in [0.15, 0.2) is 0 Å². The molecule has 2 aliphatic heterocycles. The Morgan fingerprint density at radius 3 is 2.78 bits per heavy atom. The number of rotatable bonds is 7. The van der Waals surface area contributed by atoms with E-state index in [9.17, 15) is 14.7 Å². The van der Waals surface area contributed by atoms with Crippen molar-refractivity contribution in [1.82, 2.24) is 9.88 Å². The molecule has 7 nitrogen and oxygen atoms in total. The highest BCUT2D eigenvalue weighted by atomic mass is 16.5. The smallest absolute Gasteiger partial charge is 0.295 e. The quantitative estimate of drug-likeness (QED) is 0.229. The van der Waals surface area contributed by atoms with Crippen molar-refractivity contribution < 1.29 is 24.2 Å². The highest BCUT2D eigenvalue weighted by molar-refractivity contribution is 6.46. The Morgan fingerprint density at radius 1 is 1.19 bits per heavy atom. The van der Waals surface area contributed by atoms with E-state index >= 15 is 0 Å². The molecule has 0 aliphatic carbocycles. The van der Waals surface area contributed by atoms with E-state index in [1.807, 2.05) is 19.1 Å². The average Bonchev–Trinajstić information content (AvgIpc) is 3.39. The number of carbonyl (C=O) groups excluding carboxylic acids is 2. The summed E-state index contributed by atoms with van der Waals surface area (Å²) < 4.78 is 11.5. The lowest BCUT2D eigenvalue weighted by Crippen LogP contribution is -2.29. The Bertz CT molecular complexity index is 1370. The van der Waals surface area contributed by atoms with Crippen LogP contribution >= 0.6 is 0 Å². The number of aliphatic hydroxyl groups is 1. The number of pyridine rings is 1. The summed E-state index contributed by atoms with van der Waals surface area (Å²) in [4.78, 5) is 32.1. The van der Waals surface area contributed by atoms with E-state index in [1.165, 1.54) is 4.90 Å². The minimum atomic E-state index is -0.797. The molecule has 3 aromatic rings. The Hall–Kier alpha value is -4.39. The zero-order valence-corrected chi connectivity index (χ0v) is 19.9. The maximum absolute atomic E-state index is 13.4. The molecular formula is C29H26N2O5. The summed E-state index contributed by atoms with van der Waals surface area (Å²) in [5.41, 5.74) is 2.94. The van der Waals surface area contributed by atoms with Crippen molar-refractivity contribution in [2.45, 2.75) is 32.0 Å². The first kappa shape index (κ1) is 23.4. The van der Waals surface area contributed by atoms with Crippen LogP contribution in [0.1, 0.15) is 35.2 Å². The second-order valence-electron chi connectivity index (χ2n) is 8.91. The number of amides is 1. The van der Waals surface area contributed by atoms with E-state index in [0.29, 0.717) is 29.9 Å². The molecule has 2 atom stereocenters. The lowest BCUT2D eigenvalue weighted by molar-refractivity contribution is -0.140. The molecule has 1 N–H and O–H groups in total. The van der Waals surface area contributed by atoms with Crippen LogP contribution in [0.25, 0.3) is 5.76 Å². The van der Waals surface area contributed by atoms with Gasteiger partial charge in [-0.25, -0.2) is 0 Å². The Balaban J connectivity index is 1.62. The second-order valence-corrected chi connectivity index (χ2v) is 8.91. The van der Waals surface area contributed by atoms with Crippen molar-refractivity contribution in [3.63, 3.8) is 0 Å². The summed E-state index contributed by atoms with van der Waals surface area (Å²) in [6.45, 7) is 6.15. The molecule has 7 heteroatoms. The standard InChI is InChI=1S/C29H26N2O5/c1-3-13-35-23-6-4-5-20(16-23)26-25(27(32)21-7-8-24-22(15-21)14-18(2)36-24)28(33)29(34)31(26)17-19-9-11-30-12-10-19/h3-12,15-16,18,26,32H,1,13-14,17H2,2H3/t18-,26+/m1/s1. The average molecular weight is 483 g/mol. The number of benzene rings is 2. The van der Waals surface area contributed by atoms with Gasteiger partial charge in [-0.2, -0.15) is 0 Å². The SMILES string of the molecule is C=CCOc1cccc([C@H]2C(=C(O)c3ccc4c(c3)C[C@@H](C)O4)C(=O)C(=O)N2Cc2ccncc2)c1. The van der Waals surface area contributed by atoms with Gasteiger partial charge in [-0.15, -0.1) is 0 Å². The number of carbonyl (C=O) groups is 2. The number of ether oxygens (including phenoxy) is 2. The van der Waals surface area contributed by atoms with Crippen LogP contribution in [-0.4, -0.2) is 39.4 Å². The summed E-state index contributed by atoms with van der Waals surface area (Å²) >= 11 is 0. The molecular weight excluding hydrogens is 456 g/mol. The van der Waals surface area contributed by atoms with Gasteiger partial charge in [-0.1, -0.05) is 24.8 Å². The van der Waals surface area contributed by atoms with Gasteiger partial charge in [0.25, 0.3) is 11.7 Å². The van der Waals surface area contributed by atoms with Crippen LogP contribution in [0, 0.1) is 0 Å². The normalized spacial score (nSPS) is 20.2. The van der Waals surface area contributed by atoms with E-state index < -0.39 is 17.7 Å². The third kappa shape index (κ3) is 4.35. The Morgan fingerprint density at radius 2 is 2.00 bits per heavy atom. The van der Waals surface area contributed by atoms with Gasteiger partial charge in [-0.3, -0.25) is 14.6 Å². The maximum atomic E-state index is 13.4. The van der Waals surface area contributed by atoms with Gasteiger partial charge in [0.1, 0.15) is 30.0 Å². The monoisotopic (exact) mass is 482 g/mol. The van der Waals surface area contributed by atoms with E-state index in [1.54, 1.807) is 60.9 Å². The third-order valence-electron chi connectivity index (χ3n) is 6.35. The third-order valence-corrected chi connectivity index (χ3v) is 6.35. The summed E-state index contributed by atoms with van der Waals surface area (Å²) in [5.74, 6) is -0.273. The van der Waals surface area contributed by atoms with Crippen LogP contribution < -0.4 is 9.47 Å². The van der Waals surface area contributed by atoms with E-state index in [0.717, 1.165) is 16.9 Å². The highest BCUT2D eigenvalue weighted by Crippen LogP contribution is 2.42. The fourth-order valence-electron chi connectivity index (χ4n) is 4.73. The second kappa shape index (κ2) is 9.70. The molecule has 0 spiro atoms. The number of likely N-dealkylation sites (tertiary alicyclic amines) is 1. The zero-order chi connectivity index (χ0) is 25.2. The van der Waals surface area contributed by atoms with Crippen LogP contribution in [0.4, 0.5) is 0 Å². The molecule has 0 bridgehead atoms. The minimum Gasteiger partial charge on any atom is -0.507 e. The van der Waals surface area contributed by atoms with E-state index in [-0.39, 0.29) is 24.0 Å². The number of Topliss-reactive ketones (excluding diaryl/α,β-unsaturated/α-hetero) is 1. The number of ketones is 1. The largest absolute Gasteiger partial charge is 0.507 e. The number of fused-ring (bicyclic) bond motifs is 1. The van der Waals surface area contributed by atoms with Crippen LogP contribution in [0.5, 0.6) is 11.5 Å². The van der Waals surface area contributed by atoms with Gasteiger partial charge in [0, 0.05) is 30.9 Å². The van der Waals surface area contributed by atoms with Crippen molar-refractivity contribution in [3.8, 4) is 11.5 Å². The molecule has 36 heavy (non-hydrogen) atoms. The minimum absolute atomic E-state index is 0.0432. The molecule has 1 aromatic heterocycles. The molecule has 5 rings (SSSR count). The lowest BCUT2D eigenvalue weighted by atomic mass is 9.94. The first-order valence-electron chi connectivity index (χ1n) is 11.8. The van der Waals surface area contributed by atoms with Crippen molar-refractivity contribution in [2.24, 2.45) is 0 Å². The van der Waals surface area contributed by atoms with Gasteiger partial charge in [-0.05, 0) is 66.1 Å². The molecule has 3 heterocycles. The number of aromatic nitrogens is 1. The summed E-state index contributed by atoms with van der Waals surface area (Å²) in [6, 6.07) is 15.3. The molecule has 1 fully saturated rings. The fourth-order valence-corrected chi connectivity index (χ4v) is 4.73. The topological polar surface area (TPSA) is 89.0 Å². The van der Waals surface area contributed by atoms with E-state index in [4.69, 9.17) is 9.47 Å². The summed E-state index contributed by atoms with van der Waals surface area (Å²) in [6.07, 6.45) is 5.66. The summed E-state index contributed by atoms with van der Waals surface area (Å²) in [7, 11) is 0. The van der Waals surface area contributed by atoms with Gasteiger partial charge >= 0.3 is 0 Å². The predicted octanol–water partition coefficient (Wildman–Crippen LogP) is 4.59. The number of hydrogen-bond donors (Lipinski definition) is 1. The Labute approximate surface area is 209 Å². The molecule has 2 aromatic carbocycles. The number of aliphatic hydroxyl groups excluding tert-OH is 1. The molecule has 2 aliphatic rings. The van der Waals surface area contributed by atoms with Crippen molar-refractivity contribution >= 4 is 17.4 Å². The molecule has 182 valence electrons. The molecule has 1 amide bonds. The van der Waals surface area contributed by atoms with Gasteiger partial charge in [0.05, 0.1) is 11.6 Å². The predicted molar refractivity (Wildman–Crippen MR) is 134 cm³/mol. The van der Waals surface area contributed by atoms with Crippen molar-refractivity contribution in [3.05, 3.63) is 107 Å². The Kier molecular flexibility index (Phi) is 6.29. The number of hydrogen-bond acceptors (Lipinski definition) is 6. The lowest BCUT2D eigenvalue weighted by Gasteiger charge is -2.25. The van der Waals surface area contributed by atoms with Crippen LogP contribution in [0.3, 0.4) is 0 Å². The van der Waals surface area contributed by atoms with Crippen molar-refractivity contribution in [1.29, 1.82) is 0 Å². The van der Waals surface area contributed by atoms with Crippen LogP contribution in [-0.2, 0) is 22.6 Å². The summed E-state index contributed by atoms with van der Waals surface area (Å²) in [5, 5.41) is 11.4.